The van der Waals surface area contributed by atoms with E-state index >= 15 is 0 Å². The van der Waals surface area contributed by atoms with Crippen LogP contribution in [0.5, 0.6) is 0 Å². The number of carbonyl (C=O) groups is 1. The number of rotatable bonds is 7. The molecule has 0 bridgehead atoms. The largest absolute Gasteiger partial charge is 0.478 e. The van der Waals surface area contributed by atoms with Gasteiger partial charge in [-0.3, -0.25) is 0 Å². The van der Waals surface area contributed by atoms with Crippen LogP contribution in [-0.2, 0) is 0 Å². The summed E-state index contributed by atoms with van der Waals surface area (Å²) in [5.41, 5.74) is 6.49. The van der Waals surface area contributed by atoms with Crippen molar-refractivity contribution in [1.82, 2.24) is 0 Å². The van der Waals surface area contributed by atoms with E-state index in [4.69, 9.17) is 10.8 Å². The van der Waals surface area contributed by atoms with E-state index in [2.05, 4.69) is 32.6 Å². The van der Waals surface area contributed by atoms with Crippen molar-refractivity contribution in [1.29, 1.82) is 0 Å². The number of carboxylic acids is 1. The van der Waals surface area contributed by atoms with Crippen LogP contribution in [0.4, 0.5) is 15.8 Å². The maximum atomic E-state index is 14.0. The van der Waals surface area contributed by atoms with Gasteiger partial charge in [0, 0.05) is 18.7 Å². The van der Waals surface area contributed by atoms with Crippen molar-refractivity contribution in [3.63, 3.8) is 0 Å². The Morgan fingerprint density at radius 1 is 1.33 bits per heavy atom. The highest BCUT2D eigenvalue weighted by Gasteiger charge is 2.22. The lowest BCUT2D eigenvalue weighted by Crippen LogP contribution is -2.38. The fourth-order valence-electron chi connectivity index (χ4n) is 2.56. The molecule has 0 unspecified atom stereocenters. The Hall–Kier alpha value is -1.78. The van der Waals surface area contributed by atoms with Gasteiger partial charge in [0.25, 0.3) is 0 Å². The van der Waals surface area contributed by atoms with Crippen LogP contribution in [0.2, 0.25) is 0 Å². The second-order valence-corrected chi connectivity index (χ2v) is 5.71. The van der Waals surface area contributed by atoms with Gasteiger partial charge in [-0.15, -0.1) is 0 Å². The molecule has 0 aromatic heterocycles. The quantitative estimate of drug-likeness (QED) is 0.752. The third-order valence-corrected chi connectivity index (χ3v) is 3.60. The molecule has 0 aliphatic rings. The molecule has 4 nitrogen and oxygen atoms in total. The maximum absolute atomic E-state index is 14.0. The number of hydrogen-bond donors (Lipinski definition) is 2. The van der Waals surface area contributed by atoms with Crippen LogP contribution in [0, 0.1) is 11.7 Å². The summed E-state index contributed by atoms with van der Waals surface area (Å²) < 4.78 is 14.0. The number of halogens is 1. The van der Waals surface area contributed by atoms with Crippen LogP contribution in [0.1, 0.15) is 50.9 Å². The van der Waals surface area contributed by atoms with E-state index in [9.17, 15) is 9.18 Å². The van der Waals surface area contributed by atoms with E-state index in [1.54, 1.807) is 0 Å². The lowest BCUT2D eigenvalue weighted by atomic mass is 10.0. The predicted molar refractivity (Wildman–Crippen MR) is 84.3 cm³/mol. The first-order chi connectivity index (χ1) is 9.81. The van der Waals surface area contributed by atoms with Crippen LogP contribution in [-0.4, -0.2) is 23.7 Å². The summed E-state index contributed by atoms with van der Waals surface area (Å²) in [6.07, 6.45) is 1.84. The average molecular weight is 296 g/mol. The van der Waals surface area contributed by atoms with Crippen molar-refractivity contribution in [2.45, 2.75) is 46.6 Å². The summed E-state index contributed by atoms with van der Waals surface area (Å²) in [5, 5.41) is 8.96. The van der Waals surface area contributed by atoms with Gasteiger partial charge in [-0.1, -0.05) is 27.7 Å². The summed E-state index contributed by atoms with van der Waals surface area (Å²) in [4.78, 5) is 13.1. The van der Waals surface area contributed by atoms with E-state index in [-0.39, 0.29) is 11.6 Å². The highest BCUT2D eigenvalue weighted by atomic mass is 19.1. The Morgan fingerprint density at radius 2 is 1.90 bits per heavy atom. The highest BCUT2D eigenvalue weighted by Crippen LogP contribution is 2.30. The summed E-state index contributed by atoms with van der Waals surface area (Å²) in [7, 11) is 0. The normalized spacial score (nSPS) is 11.2. The van der Waals surface area contributed by atoms with E-state index in [1.165, 1.54) is 12.1 Å². The van der Waals surface area contributed by atoms with Gasteiger partial charge in [-0.05, 0) is 24.8 Å². The van der Waals surface area contributed by atoms with Crippen molar-refractivity contribution < 1.29 is 14.3 Å². The molecule has 0 heterocycles. The van der Waals surface area contributed by atoms with Crippen LogP contribution >= 0.6 is 0 Å². The third-order valence-electron chi connectivity index (χ3n) is 3.60. The van der Waals surface area contributed by atoms with Crippen molar-refractivity contribution in [3.05, 3.63) is 23.5 Å². The lowest BCUT2D eigenvalue weighted by molar-refractivity contribution is 0.0692. The van der Waals surface area contributed by atoms with Crippen molar-refractivity contribution >= 4 is 17.3 Å². The number of nitrogens with two attached hydrogens (primary N) is 1. The molecule has 1 aromatic rings. The number of anilines is 2. The first kappa shape index (κ1) is 17.3. The minimum absolute atomic E-state index is 0.254. The van der Waals surface area contributed by atoms with E-state index < -0.39 is 11.8 Å². The standard InChI is InChI=1S/C16H25FN2O2/c1-5-11(6-2)19(9-10(3)4)15-8-13(17)12(16(20)21)7-14(15)18/h7-8,10-11H,5-6,9,18H2,1-4H3,(H,20,21). The van der Waals surface area contributed by atoms with Crippen LogP contribution < -0.4 is 10.6 Å². The first-order valence-electron chi connectivity index (χ1n) is 7.40. The van der Waals surface area contributed by atoms with Gasteiger partial charge in [-0.2, -0.15) is 0 Å². The zero-order valence-electron chi connectivity index (χ0n) is 13.2. The molecule has 0 amide bonds. The van der Waals surface area contributed by atoms with Gasteiger partial charge in [-0.25, -0.2) is 9.18 Å². The number of nitrogen functional groups attached to an aromatic ring is 1. The number of carboxylic acid groups (broad SMARTS) is 1. The van der Waals surface area contributed by atoms with Crippen LogP contribution in [0.3, 0.4) is 0 Å². The zero-order valence-corrected chi connectivity index (χ0v) is 13.2. The average Bonchev–Trinajstić information content (AvgIpc) is 2.40. The number of benzene rings is 1. The Labute approximate surface area is 125 Å². The zero-order chi connectivity index (χ0) is 16.2. The molecule has 0 atom stereocenters. The molecule has 3 N–H and O–H groups in total. The van der Waals surface area contributed by atoms with Crippen LogP contribution in [0.25, 0.3) is 0 Å². The molecule has 1 rings (SSSR count). The SMILES string of the molecule is CCC(CC)N(CC(C)C)c1cc(F)c(C(=O)O)cc1N. The first-order valence-corrected chi connectivity index (χ1v) is 7.40. The Balaban J connectivity index is 3.30. The highest BCUT2D eigenvalue weighted by molar-refractivity contribution is 5.91. The van der Waals surface area contributed by atoms with Gasteiger partial charge in [0.1, 0.15) is 5.82 Å². The Bertz CT molecular complexity index is 499. The van der Waals surface area contributed by atoms with E-state index in [0.717, 1.165) is 19.4 Å². The van der Waals surface area contributed by atoms with Gasteiger partial charge in [0.15, 0.2) is 0 Å². The van der Waals surface area contributed by atoms with Gasteiger partial charge < -0.3 is 15.7 Å². The molecular formula is C16H25FN2O2. The molecule has 0 saturated carbocycles. The van der Waals surface area contributed by atoms with Gasteiger partial charge in [0.2, 0.25) is 0 Å². The second-order valence-electron chi connectivity index (χ2n) is 5.71. The topological polar surface area (TPSA) is 66.6 Å². The monoisotopic (exact) mass is 296 g/mol. The predicted octanol–water partition coefficient (Wildman–Crippen LogP) is 3.76. The maximum Gasteiger partial charge on any atom is 0.338 e. The van der Waals surface area contributed by atoms with E-state index in [1.807, 2.05) is 0 Å². The smallest absolute Gasteiger partial charge is 0.338 e. The summed E-state index contributed by atoms with van der Waals surface area (Å²) in [5.74, 6) is -1.65. The summed E-state index contributed by atoms with van der Waals surface area (Å²) >= 11 is 0. The summed E-state index contributed by atoms with van der Waals surface area (Å²) in [6.45, 7) is 9.10. The fraction of sp³-hybridized carbons (Fsp3) is 0.562. The third kappa shape index (κ3) is 4.09. The molecule has 0 fully saturated rings. The van der Waals surface area contributed by atoms with Crippen LogP contribution in [0.15, 0.2) is 12.1 Å². The minimum atomic E-state index is -1.30. The fourth-order valence-corrected chi connectivity index (χ4v) is 2.56. The van der Waals surface area contributed by atoms with Crippen molar-refractivity contribution in [2.24, 2.45) is 5.92 Å². The molecule has 1 aromatic carbocycles. The second kappa shape index (κ2) is 7.29. The number of nitrogens with zero attached hydrogens (tertiary/aromatic N) is 1. The Kier molecular flexibility index (Phi) is 6.00. The summed E-state index contributed by atoms with van der Waals surface area (Å²) in [6, 6.07) is 2.71. The molecule has 0 aliphatic carbocycles. The number of aromatic carboxylic acids is 1. The number of hydrogen-bond acceptors (Lipinski definition) is 3. The molecular weight excluding hydrogens is 271 g/mol. The molecule has 0 aliphatic heterocycles. The molecule has 21 heavy (non-hydrogen) atoms. The molecule has 0 saturated heterocycles. The van der Waals surface area contributed by atoms with E-state index in [0.29, 0.717) is 17.3 Å². The molecule has 118 valence electrons. The molecule has 5 heteroatoms. The molecule has 0 spiro atoms. The minimum Gasteiger partial charge on any atom is -0.478 e. The molecule has 0 radical (unpaired) electrons. The Morgan fingerprint density at radius 3 is 2.33 bits per heavy atom. The van der Waals surface area contributed by atoms with Crippen molar-refractivity contribution in [3.8, 4) is 0 Å². The van der Waals surface area contributed by atoms with Gasteiger partial charge in [0.05, 0.1) is 16.9 Å². The van der Waals surface area contributed by atoms with Crippen molar-refractivity contribution in [2.75, 3.05) is 17.2 Å². The lowest BCUT2D eigenvalue weighted by Gasteiger charge is -2.35. The van der Waals surface area contributed by atoms with Gasteiger partial charge >= 0.3 is 5.97 Å².